The molecule has 2 aromatic heterocycles. The topological polar surface area (TPSA) is 69.7 Å². The number of hydrogen-bond donors (Lipinski definition) is 0. The molecule has 0 radical (unpaired) electrons. The molecule has 0 fully saturated rings. The smallest absolute Gasteiger partial charge is 0.235 e. The number of Topliss-reactive ketones (excluding diaryl/α,β-unsaturated/α-hetero) is 1. The highest BCUT2D eigenvalue weighted by Crippen LogP contribution is 2.32. The Labute approximate surface area is 132 Å². The van der Waals surface area contributed by atoms with Crippen LogP contribution in [-0.2, 0) is 4.79 Å². The second-order valence-corrected chi connectivity index (χ2v) is 5.44. The Morgan fingerprint density at radius 1 is 1.26 bits per heavy atom. The van der Waals surface area contributed by atoms with Gasteiger partial charge in [0, 0.05) is 0 Å². The first-order chi connectivity index (χ1) is 11.0. The molecule has 0 N–H and O–H groups in total. The summed E-state index contributed by atoms with van der Waals surface area (Å²) in [7, 11) is 0. The van der Waals surface area contributed by atoms with Gasteiger partial charge in [-0.05, 0) is 50.6 Å². The summed E-state index contributed by atoms with van der Waals surface area (Å²) in [6.07, 6.45) is 0.725. The lowest BCUT2D eigenvalue weighted by Crippen LogP contribution is -2.24. The maximum atomic E-state index is 12.8. The van der Waals surface area contributed by atoms with Crippen LogP contribution in [0.25, 0.3) is 22.5 Å². The van der Waals surface area contributed by atoms with Crippen LogP contribution >= 0.6 is 0 Å². The van der Waals surface area contributed by atoms with Gasteiger partial charge in [0.15, 0.2) is 17.6 Å². The lowest BCUT2D eigenvalue weighted by atomic mass is 10.1. The van der Waals surface area contributed by atoms with E-state index in [1.807, 2.05) is 13.0 Å². The zero-order valence-corrected chi connectivity index (χ0v) is 13.1. The fourth-order valence-electron chi connectivity index (χ4n) is 2.22. The Balaban J connectivity index is 2.28. The van der Waals surface area contributed by atoms with Crippen molar-refractivity contribution in [3.63, 3.8) is 0 Å². The van der Waals surface area contributed by atoms with E-state index in [1.165, 1.54) is 13.2 Å². The number of ether oxygens (including phenoxy) is 1. The minimum atomic E-state index is -0.755. The van der Waals surface area contributed by atoms with Crippen molar-refractivity contribution in [2.45, 2.75) is 26.9 Å². The van der Waals surface area contributed by atoms with Gasteiger partial charge in [0.05, 0.1) is 11.6 Å². The molecule has 118 valence electrons. The summed E-state index contributed by atoms with van der Waals surface area (Å²) in [6.45, 7) is 4.91. The van der Waals surface area contributed by atoms with E-state index in [2.05, 4.69) is 0 Å². The van der Waals surface area contributed by atoms with Gasteiger partial charge in [-0.2, -0.15) is 0 Å². The number of ketones is 1. The molecule has 0 saturated heterocycles. The molecule has 5 nitrogen and oxygen atoms in total. The van der Waals surface area contributed by atoms with E-state index < -0.39 is 6.10 Å². The van der Waals surface area contributed by atoms with E-state index in [0.29, 0.717) is 16.7 Å². The van der Waals surface area contributed by atoms with Gasteiger partial charge in [-0.15, -0.1) is 0 Å². The lowest BCUT2D eigenvalue weighted by Gasteiger charge is -2.14. The third-order valence-electron chi connectivity index (χ3n) is 3.62. The molecule has 3 rings (SSSR count). The average molecular weight is 312 g/mol. The van der Waals surface area contributed by atoms with Crippen molar-refractivity contribution in [1.82, 2.24) is 0 Å². The van der Waals surface area contributed by atoms with Gasteiger partial charge in [0.2, 0.25) is 16.9 Å². The van der Waals surface area contributed by atoms with Crippen molar-refractivity contribution in [3.05, 3.63) is 52.4 Å². The van der Waals surface area contributed by atoms with Crippen LogP contribution in [0.3, 0.4) is 0 Å². The predicted octanol–water partition coefficient (Wildman–Crippen LogP) is 3.72. The van der Waals surface area contributed by atoms with E-state index in [4.69, 9.17) is 13.6 Å². The summed E-state index contributed by atoms with van der Waals surface area (Å²) >= 11 is 0. The number of rotatable bonds is 4. The molecule has 0 spiro atoms. The standard InChI is InChI=1S/C18H16O5/c1-10-6-7-13-15(9-10)23-17(14-5-4-8-21-14)18(16(13)20)22-12(3)11(2)19/h4-9,12H,1-3H3/t12-/m0/s1. The third-order valence-corrected chi connectivity index (χ3v) is 3.62. The van der Waals surface area contributed by atoms with Crippen LogP contribution in [0.1, 0.15) is 19.4 Å². The molecule has 2 heterocycles. The minimum absolute atomic E-state index is 0.0148. The van der Waals surface area contributed by atoms with Crippen LogP contribution in [0.5, 0.6) is 5.75 Å². The number of hydrogen-bond acceptors (Lipinski definition) is 5. The largest absolute Gasteiger partial charge is 0.475 e. The van der Waals surface area contributed by atoms with Crippen LogP contribution in [0.2, 0.25) is 0 Å². The molecule has 0 unspecified atom stereocenters. The number of carbonyl (C=O) groups is 1. The zero-order valence-electron chi connectivity index (χ0n) is 13.1. The molecule has 0 aliphatic heterocycles. The molecule has 1 atom stereocenters. The summed E-state index contributed by atoms with van der Waals surface area (Å²) < 4.78 is 16.8. The molecule has 3 aromatic rings. The van der Waals surface area contributed by atoms with Crippen molar-refractivity contribution in [2.24, 2.45) is 0 Å². The highest BCUT2D eigenvalue weighted by atomic mass is 16.5. The normalized spacial score (nSPS) is 12.3. The Hall–Kier alpha value is -2.82. The number of fused-ring (bicyclic) bond motifs is 1. The third kappa shape index (κ3) is 2.77. The minimum Gasteiger partial charge on any atom is -0.475 e. The molecule has 0 bridgehead atoms. The Morgan fingerprint density at radius 2 is 2.04 bits per heavy atom. The maximum Gasteiger partial charge on any atom is 0.235 e. The highest BCUT2D eigenvalue weighted by Gasteiger charge is 2.22. The van der Waals surface area contributed by atoms with Gasteiger partial charge in [0.25, 0.3) is 0 Å². The van der Waals surface area contributed by atoms with Gasteiger partial charge in [-0.3, -0.25) is 9.59 Å². The summed E-state index contributed by atoms with van der Waals surface area (Å²) in [6, 6.07) is 8.65. The first-order valence-corrected chi connectivity index (χ1v) is 7.26. The van der Waals surface area contributed by atoms with Crippen molar-refractivity contribution in [3.8, 4) is 17.3 Å². The Bertz CT molecular complexity index is 918. The second-order valence-electron chi connectivity index (χ2n) is 5.44. The zero-order chi connectivity index (χ0) is 16.6. The molecule has 1 aromatic carbocycles. The van der Waals surface area contributed by atoms with Crippen LogP contribution < -0.4 is 10.2 Å². The van der Waals surface area contributed by atoms with Crippen LogP contribution in [0.4, 0.5) is 0 Å². The summed E-state index contributed by atoms with van der Waals surface area (Å²) in [4.78, 5) is 24.3. The van der Waals surface area contributed by atoms with E-state index in [9.17, 15) is 9.59 Å². The average Bonchev–Trinajstić information content (AvgIpc) is 3.03. The Morgan fingerprint density at radius 3 is 2.70 bits per heavy atom. The molecule has 0 saturated carbocycles. The van der Waals surface area contributed by atoms with Gasteiger partial charge in [-0.1, -0.05) is 6.07 Å². The molecule has 23 heavy (non-hydrogen) atoms. The maximum absolute atomic E-state index is 12.8. The van der Waals surface area contributed by atoms with Gasteiger partial charge in [0.1, 0.15) is 5.58 Å². The SMILES string of the molecule is CC(=O)[C@H](C)Oc1c(-c2ccco2)oc2cc(C)ccc2c1=O. The quantitative estimate of drug-likeness (QED) is 0.734. The van der Waals surface area contributed by atoms with E-state index >= 15 is 0 Å². The summed E-state index contributed by atoms with van der Waals surface area (Å²) in [5.41, 5.74) is 1.09. The number of benzene rings is 1. The van der Waals surface area contributed by atoms with Crippen molar-refractivity contribution in [2.75, 3.05) is 0 Å². The first kappa shape index (κ1) is 15.1. The molecular weight excluding hydrogens is 296 g/mol. The van der Waals surface area contributed by atoms with Crippen molar-refractivity contribution in [1.29, 1.82) is 0 Å². The van der Waals surface area contributed by atoms with Gasteiger partial charge in [-0.25, -0.2) is 0 Å². The van der Waals surface area contributed by atoms with E-state index in [-0.39, 0.29) is 22.7 Å². The fraction of sp³-hybridized carbons (Fsp3) is 0.222. The predicted molar refractivity (Wildman–Crippen MR) is 85.7 cm³/mol. The van der Waals surface area contributed by atoms with Crippen LogP contribution in [0.15, 0.2) is 50.2 Å². The molecule has 0 aliphatic carbocycles. The van der Waals surface area contributed by atoms with Crippen molar-refractivity contribution < 1.29 is 18.4 Å². The van der Waals surface area contributed by atoms with Crippen LogP contribution in [0, 0.1) is 6.92 Å². The summed E-state index contributed by atoms with van der Waals surface area (Å²) in [5.74, 6) is 0.361. The number of furan rings is 1. The second kappa shape index (κ2) is 5.76. The Kier molecular flexibility index (Phi) is 3.78. The van der Waals surface area contributed by atoms with Crippen molar-refractivity contribution >= 4 is 16.8 Å². The van der Waals surface area contributed by atoms with Crippen LogP contribution in [-0.4, -0.2) is 11.9 Å². The summed E-state index contributed by atoms with van der Waals surface area (Å²) in [5, 5.41) is 0.400. The molecule has 0 aliphatic rings. The molecule has 0 amide bonds. The molecular formula is C18H16O5. The van der Waals surface area contributed by atoms with E-state index in [1.54, 1.807) is 31.2 Å². The monoisotopic (exact) mass is 312 g/mol. The number of carbonyl (C=O) groups excluding carboxylic acids is 1. The highest BCUT2D eigenvalue weighted by molar-refractivity contribution is 5.83. The lowest BCUT2D eigenvalue weighted by molar-refractivity contribution is -0.122. The number of aryl methyl sites for hydroxylation is 1. The first-order valence-electron chi connectivity index (χ1n) is 7.26. The molecule has 5 heteroatoms. The van der Waals surface area contributed by atoms with Gasteiger partial charge < -0.3 is 13.6 Å². The fourth-order valence-corrected chi connectivity index (χ4v) is 2.22. The van der Waals surface area contributed by atoms with Gasteiger partial charge >= 0.3 is 0 Å². The van der Waals surface area contributed by atoms with E-state index in [0.717, 1.165) is 5.56 Å².